The van der Waals surface area contributed by atoms with Crippen LogP contribution in [0, 0.1) is 6.92 Å². The number of imidazole rings is 1. The average molecular weight is 249 g/mol. The maximum atomic E-state index is 4.65. The van der Waals surface area contributed by atoms with Crippen LogP contribution >= 0.6 is 0 Å². The molecule has 18 heavy (non-hydrogen) atoms. The highest BCUT2D eigenvalue weighted by Gasteiger charge is 2.19. The van der Waals surface area contributed by atoms with E-state index in [1.54, 1.807) is 0 Å². The Hall–Kier alpha value is -0.830. The second-order valence-corrected chi connectivity index (χ2v) is 5.98. The summed E-state index contributed by atoms with van der Waals surface area (Å²) in [5.74, 6) is 1.68. The highest BCUT2D eigenvalue weighted by atomic mass is 15.2. The summed E-state index contributed by atoms with van der Waals surface area (Å²) < 4.78 is 2.31. The van der Waals surface area contributed by atoms with E-state index >= 15 is 0 Å². The number of nitrogens with one attached hydrogen (secondary N) is 1. The van der Waals surface area contributed by atoms with Crippen LogP contribution in [0.3, 0.4) is 0 Å². The Morgan fingerprint density at radius 1 is 1.22 bits per heavy atom. The molecule has 0 saturated heterocycles. The van der Waals surface area contributed by atoms with E-state index in [1.807, 2.05) is 0 Å². The Morgan fingerprint density at radius 3 is 2.50 bits per heavy atom. The Bertz CT molecular complexity index is 375. The number of aromatic nitrogens is 2. The van der Waals surface area contributed by atoms with Crippen LogP contribution in [-0.2, 0) is 0 Å². The van der Waals surface area contributed by atoms with Crippen molar-refractivity contribution in [2.45, 2.75) is 77.9 Å². The van der Waals surface area contributed by atoms with Crippen LogP contribution in [0.5, 0.6) is 0 Å². The maximum Gasteiger partial charge on any atom is 0.112 e. The fourth-order valence-electron chi connectivity index (χ4n) is 2.96. The van der Waals surface area contributed by atoms with E-state index < -0.39 is 0 Å². The SMILES string of the molecule is Cc1cn(C(C)NC2CCCCC2)c(C(C)C)n1. The lowest BCUT2D eigenvalue weighted by atomic mass is 9.95. The number of hydrogen-bond acceptors (Lipinski definition) is 2. The van der Waals surface area contributed by atoms with Crippen LogP contribution in [0.25, 0.3) is 0 Å². The molecule has 1 atom stereocenters. The van der Waals surface area contributed by atoms with Crippen molar-refractivity contribution >= 4 is 0 Å². The van der Waals surface area contributed by atoms with Crippen LogP contribution in [0.15, 0.2) is 6.20 Å². The average Bonchev–Trinajstić information content (AvgIpc) is 2.73. The van der Waals surface area contributed by atoms with Gasteiger partial charge in [-0.2, -0.15) is 0 Å². The van der Waals surface area contributed by atoms with Gasteiger partial charge in [-0.15, -0.1) is 0 Å². The molecule has 1 aliphatic rings. The van der Waals surface area contributed by atoms with Crippen molar-refractivity contribution < 1.29 is 0 Å². The zero-order valence-corrected chi connectivity index (χ0v) is 12.2. The number of rotatable bonds is 4. The number of hydrogen-bond donors (Lipinski definition) is 1. The standard InChI is InChI=1S/C15H27N3/c1-11(2)15-16-12(3)10-18(15)13(4)17-14-8-6-5-7-9-14/h10-11,13-14,17H,5-9H2,1-4H3. The van der Waals surface area contributed by atoms with Crippen LogP contribution in [0.2, 0.25) is 0 Å². The Kier molecular flexibility index (Phi) is 4.44. The van der Waals surface area contributed by atoms with Gasteiger partial charge in [0.1, 0.15) is 5.82 Å². The van der Waals surface area contributed by atoms with Crippen LogP contribution in [0.1, 0.15) is 76.5 Å². The summed E-state index contributed by atoms with van der Waals surface area (Å²) in [6, 6.07) is 0.691. The monoisotopic (exact) mass is 249 g/mol. The summed E-state index contributed by atoms with van der Waals surface area (Å²) in [5, 5.41) is 3.77. The number of nitrogens with zero attached hydrogens (tertiary/aromatic N) is 2. The molecule has 102 valence electrons. The molecule has 1 unspecified atom stereocenters. The van der Waals surface area contributed by atoms with Gasteiger partial charge in [-0.3, -0.25) is 5.32 Å². The summed E-state index contributed by atoms with van der Waals surface area (Å²) in [6.45, 7) is 8.76. The van der Waals surface area contributed by atoms with Crippen LogP contribution in [-0.4, -0.2) is 15.6 Å². The first-order chi connectivity index (χ1) is 8.58. The summed E-state index contributed by atoms with van der Waals surface area (Å²) in [4.78, 5) is 4.65. The molecule has 1 fully saturated rings. The minimum atomic E-state index is 0.353. The molecule has 1 aliphatic carbocycles. The van der Waals surface area contributed by atoms with E-state index in [1.165, 1.54) is 37.9 Å². The van der Waals surface area contributed by atoms with Gasteiger partial charge >= 0.3 is 0 Å². The predicted octanol–water partition coefficient (Wildman–Crippen LogP) is 3.76. The minimum Gasteiger partial charge on any atom is -0.319 e. The highest BCUT2D eigenvalue weighted by molar-refractivity contribution is 5.06. The van der Waals surface area contributed by atoms with Gasteiger partial charge in [-0.25, -0.2) is 4.98 Å². The van der Waals surface area contributed by atoms with E-state index in [0.29, 0.717) is 18.1 Å². The molecule has 2 rings (SSSR count). The third kappa shape index (κ3) is 3.14. The highest BCUT2D eigenvalue weighted by Crippen LogP contribution is 2.22. The zero-order chi connectivity index (χ0) is 13.1. The molecule has 1 aromatic heterocycles. The summed E-state index contributed by atoms with van der Waals surface area (Å²) in [6.07, 6.45) is 9.36. The first-order valence-corrected chi connectivity index (χ1v) is 7.39. The van der Waals surface area contributed by atoms with Gasteiger partial charge in [-0.05, 0) is 26.7 Å². The molecule has 0 aliphatic heterocycles. The maximum absolute atomic E-state index is 4.65. The molecular weight excluding hydrogens is 222 g/mol. The third-order valence-electron chi connectivity index (χ3n) is 3.90. The Labute approximate surface area is 111 Å². The van der Waals surface area contributed by atoms with Gasteiger partial charge in [-0.1, -0.05) is 33.1 Å². The summed E-state index contributed by atoms with van der Waals surface area (Å²) >= 11 is 0. The minimum absolute atomic E-state index is 0.353. The quantitative estimate of drug-likeness (QED) is 0.880. The molecular formula is C15H27N3. The van der Waals surface area contributed by atoms with E-state index in [9.17, 15) is 0 Å². The molecule has 1 aromatic rings. The number of aryl methyl sites for hydroxylation is 1. The molecule has 1 saturated carbocycles. The van der Waals surface area contributed by atoms with Crippen molar-refractivity contribution in [3.05, 3.63) is 17.7 Å². The van der Waals surface area contributed by atoms with Crippen molar-refractivity contribution in [1.82, 2.24) is 14.9 Å². The third-order valence-corrected chi connectivity index (χ3v) is 3.90. The molecule has 0 aromatic carbocycles. The molecule has 1 N–H and O–H groups in total. The fourth-order valence-corrected chi connectivity index (χ4v) is 2.96. The van der Waals surface area contributed by atoms with Crippen molar-refractivity contribution in [1.29, 1.82) is 0 Å². The Morgan fingerprint density at radius 2 is 1.89 bits per heavy atom. The Balaban J connectivity index is 2.05. The molecule has 0 amide bonds. The van der Waals surface area contributed by atoms with Gasteiger partial charge in [0.05, 0.1) is 11.9 Å². The van der Waals surface area contributed by atoms with E-state index in [2.05, 4.69) is 48.8 Å². The topological polar surface area (TPSA) is 29.9 Å². The first kappa shape index (κ1) is 13.6. The van der Waals surface area contributed by atoms with E-state index in [-0.39, 0.29) is 0 Å². The summed E-state index contributed by atoms with van der Waals surface area (Å²) in [5.41, 5.74) is 1.12. The second-order valence-electron chi connectivity index (χ2n) is 5.98. The van der Waals surface area contributed by atoms with Gasteiger partial charge in [0.2, 0.25) is 0 Å². The predicted molar refractivity (Wildman–Crippen MR) is 75.8 cm³/mol. The van der Waals surface area contributed by atoms with Gasteiger partial charge in [0, 0.05) is 18.2 Å². The van der Waals surface area contributed by atoms with Gasteiger partial charge in [0.15, 0.2) is 0 Å². The normalized spacial score (nSPS) is 19.4. The van der Waals surface area contributed by atoms with Crippen molar-refractivity contribution in [2.75, 3.05) is 0 Å². The second kappa shape index (κ2) is 5.87. The van der Waals surface area contributed by atoms with Crippen molar-refractivity contribution in [3.63, 3.8) is 0 Å². The molecule has 0 bridgehead atoms. The molecule has 3 heteroatoms. The molecule has 0 spiro atoms. The van der Waals surface area contributed by atoms with E-state index in [0.717, 1.165) is 5.69 Å². The fraction of sp³-hybridized carbons (Fsp3) is 0.800. The lowest BCUT2D eigenvalue weighted by molar-refractivity contribution is 0.300. The molecule has 3 nitrogen and oxygen atoms in total. The van der Waals surface area contributed by atoms with Crippen molar-refractivity contribution in [3.8, 4) is 0 Å². The summed E-state index contributed by atoms with van der Waals surface area (Å²) in [7, 11) is 0. The lowest BCUT2D eigenvalue weighted by Gasteiger charge is -2.28. The van der Waals surface area contributed by atoms with Crippen LogP contribution in [0.4, 0.5) is 0 Å². The smallest absolute Gasteiger partial charge is 0.112 e. The van der Waals surface area contributed by atoms with Crippen LogP contribution < -0.4 is 5.32 Å². The first-order valence-electron chi connectivity index (χ1n) is 7.39. The molecule has 1 heterocycles. The van der Waals surface area contributed by atoms with Crippen molar-refractivity contribution in [2.24, 2.45) is 0 Å². The van der Waals surface area contributed by atoms with E-state index in [4.69, 9.17) is 0 Å². The van der Waals surface area contributed by atoms with Gasteiger partial charge in [0.25, 0.3) is 0 Å². The lowest BCUT2D eigenvalue weighted by Crippen LogP contribution is -2.36. The largest absolute Gasteiger partial charge is 0.319 e. The molecule has 0 radical (unpaired) electrons. The van der Waals surface area contributed by atoms with Gasteiger partial charge < -0.3 is 4.57 Å². The zero-order valence-electron chi connectivity index (χ0n) is 12.2.